The van der Waals surface area contributed by atoms with E-state index in [9.17, 15) is 18.5 Å². The van der Waals surface area contributed by atoms with E-state index in [0.29, 0.717) is 0 Å². The Hall–Kier alpha value is -1.51. The molecular formula is C11H16N2O5S. The van der Waals surface area contributed by atoms with Crippen LogP contribution in [0.4, 0.5) is 5.69 Å². The van der Waals surface area contributed by atoms with Gasteiger partial charge in [-0.25, -0.2) is 13.1 Å². The molecule has 1 aromatic rings. The van der Waals surface area contributed by atoms with E-state index in [0.717, 1.165) is 24.3 Å². The molecule has 1 atom stereocenters. The second-order valence-electron chi connectivity index (χ2n) is 4.41. The average Bonchev–Trinajstić information content (AvgIpc) is 2.35. The molecule has 0 saturated carbocycles. The Morgan fingerprint density at radius 3 is 2.21 bits per heavy atom. The fraction of sp³-hybridized carbons (Fsp3) is 0.455. The number of aliphatic hydroxyl groups excluding tert-OH is 1. The molecule has 8 heteroatoms. The normalized spacial score (nSPS) is 13.5. The third kappa shape index (κ3) is 3.98. The molecule has 0 bridgehead atoms. The number of hydrogen-bond donors (Lipinski definition) is 2. The van der Waals surface area contributed by atoms with Crippen LogP contribution in [-0.2, 0) is 10.0 Å². The first kappa shape index (κ1) is 15.5. The van der Waals surface area contributed by atoms with Crippen molar-refractivity contribution in [1.29, 1.82) is 0 Å². The Morgan fingerprint density at radius 2 is 1.84 bits per heavy atom. The molecule has 0 aliphatic heterocycles. The summed E-state index contributed by atoms with van der Waals surface area (Å²) in [6.07, 6.45) is 0. The molecule has 0 aliphatic rings. The van der Waals surface area contributed by atoms with Crippen LogP contribution in [0.3, 0.4) is 0 Å². The summed E-state index contributed by atoms with van der Waals surface area (Å²) < 4.78 is 26.3. The molecule has 0 heterocycles. The third-order valence-corrected chi connectivity index (χ3v) is 4.17. The summed E-state index contributed by atoms with van der Waals surface area (Å²) in [4.78, 5) is 9.81. The number of non-ortho nitro benzene ring substituents is 1. The number of nitro groups is 1. The van der Waals surface area contributed by atoms with Crippen molar-refractivity contribution in [1.82, 2.24) is 4.72 Å². The van der Waals surface area contributed by atoms with E-state index in [4.69, 9.17) is 5.11 Å². The maximum Gasteiger partial charge on any atom is 0.269 e. The van der Waals surface area contributed by atoms with Crippen LogP contribution in [0.25, 0.3) is 0 Å². The molecular weight excluding hydrogens is 272 g/mol. The molecule has 1 aromatic carbocycles. The summed E-state index contributed by atoms with van der Waals surface area (Å²) >= 11 is 0. The molecule has 0 aromatic heterocycles. The number of nitro benzene ring substituents is 1. The zero-order valence-corrected chi connectivity index (χ0v) is 11.4. The van der Waals surface area contributed by atoms with Gasteiger partial charge in [-0.1, -0.05) is 13.8 Å². The predicted octanol–water partition coefficient (Wildman–Crippen LogP) is 0.890. The lowest BCUT2D eigenvalue weighted by Gasteiger charge is -2.19. The Bertz CT molecular complexity index is 539. The van der Waals surface area contributed by atoms with Crippen LogP contribution in [0.15, 0.2) is 29.2 Å². The van der Waals surface area contributed by atoms with Crippen LogP contribution in [0.2, 0.25) is 0 Å². The molecule has 0 amide bonds. The molecule has 106 valence electrons. The van der Waals surface area contributed by atoms with E-state index in [-0.39, 0.29) is 23.1 Å². The molecule has 1 unspecified atom stereocenters. The number of benzene rings is 1. The number of nitrogens with one attached hydrogen (secondary N) is 1. The van der Waals surface area contributed by atoms with E-state index < -0.39 is 21.0 Å². The number of nitrogens with zero attached hydrogens (tertiary/aromatic N) is 1. The summed E-state index contributed by atoms with van der Waals surface area (Å²) in [7, 11) is -3.79. The smallest absolute Gasteiger partial charge is 0.269 e. The zero-order chi connectivity index (χ0) is 14.6. The van der Waals surface area contributed by atoms with Crippen LogP contribution in [0.1, 0.15) is 13.8 Å². The summed E-state index contributed by atoms with van der Waals surface area (Å²) in [6, 6.07) is 3.97. The molecule has 19 heavy (non-hydrogen) atoms. The Labute approximate surface area is 111 Å². The monoisotopic (exact) mass is 288 g/mol. The molecule has 0 radical (unpaired) electrons. The van der Waals surface area contributed by atoms with Crippen molar-refractivity contribution < 1.29 is 18.4 Å². The van der Waals surface area contributed by atoms with Gasteiger partial charge in [0.15, 0.2) is 0 Å². The van der Waals surface area contributed by atoms with Gasteiger partial charge in [0.1, 0.15) is 0 Å². The van der Waals surface area contributed by atoms with Crippen LogP contribution < -0.4 is 4.72 Å². The van der Waals surface area contributed by atoms with E-state index in [1.807, 2.05) is 0 Å². The lowest BCUT2D eigenvalue weighted by atomic mass is 10.1. The number of rotatable bonds is 6. The first-order valence-corrected chi connectivity index (χ1v) is 7.14. The highest BCUT2D eigenvalue weighted by Crippen LogP contribution is 2.16. The molecule has 0 fully saturated rings. The zero-order valence-electron chi connectivity index (χ0n) is 10.6. The van der Waals surface area contributed by atoms with Gasteiger partial charge in [0.05, 0.1) is 16.4 Å². The van der Waals surface area contributed by atoms with Crippen LogP contribution >= 0.6 is 0 Å². The van der Waals surface area contributed by atoms with Gasteiger partial charge in [-0.05, 0) is 18.1 Å². The van der Waals surface area contributed by atoms with Gasteiger partial charge in [0.2, 0.25) is 10.0 Å². The molecule has 0 aliphatic carbocycles. The molecule has 7 nitrogen and oxygen atoms in total. The average molecular weight is 288 g/mol. The van der Waals surface area contributed by atoms with Gasteiger partial charge in [0.25, 0.3) is 5.69 Å². The molecule has 2 N–H and O–H groups in total. The fourth-order valence-electron chi connectivity index (χ4n) is 1.40. The highest BCUT2D eigenvalue weighted by molar-refractivity contribution is 7.89. The maximum atomic E-state index is 12.0. The van der Waals surface area contributed by atoms with Crippen molar-refractivity contribution in [3.63, 3.8) is 0 Å². The quantitative estimate of drug-likeness (QED) is 0.596. The second kappa shape index (κ2) is 6.09. The van der Waals surface area contributed by atoms with Crippen LogP contribution in [0.5, 0.6) is 0 Å². The van der Waals surface area contributed by atoms with E-state index in [2.05, 4.69) is 4.72 Å². The lowest BCUT2D eigenvalue weighted by Crippen LogP contribution is -2.41. The fourth-order valence-corrected chi connectivity index (χ4v) is 2.77. The van der Waals surface area contributed by atoms with Gasteiger partial charge in [0, 0.05) is 18.2 Å². The van der Waals surface area contributed by atoms with Crippen molar-refractivity contribution >= 4 is 15.7 Å². The van der Waals surface area contributed by atoms with Gasteiger partial charge in [-0.15, -0.1) is 0 Å². The van der Waals surface area contributed by atoms with E-state index in [1.165, 1.54) is 0 Å². The third-order valence-electron chi connectivity index (χ3n) is 2.67. The van der Waals surface area contributed by atoms with Gasteiger partial charge < -0.3 is 5.11 Å². The van der Waals surface area contributed by atoms with E-state index in [1.54, 1.807) is 13.8 Å². The largest absolute Gasteiger partial charge is 0.395 e. The van der Waals surface area contributed by atoms with Crippen molar-refractivity contribution in [3.05, 3.63) is 34.4 Å². The summed E-state index contributed by atoms with van der Waals surface area (Å²) in [5, 5.41) is 19.6. The predicted molar refractivity (Wildman–Crippen MR) is 69.1 cm³/mol. The number of aliphatic hydroxyl groups is 1. The van der Waals surface area contributed by atoms with E-state index >= 15 is 0 Å². The number of hydrogen-bond acceptors (Lipinski definition) is 5. The Morgan fingerprint density at radius 1 is 1.32 bits per heavy atom. The maximum absolute atomic E-state index is 12.0. The van der Waals surface area contributed by atoms with Crippen LogP contribution in [-0.4, -0.2) is 31.1 Å². The van der Waals surface area contributed by atoms with Crippen LogP contribution in [0, 0.1) is 16.0 Å². The highest BCUT2D eigenvalue weighted by atomic mass is 32.2. The van der Waals surface area contributed by atoms with Crippen molar-refractivity contribution in [3.8, 4) is 0 Å². The van der Waals surface area contributed by atoms with Gasteiger partial charge in [-0.3, -0.25) is 10.1 Å². The minimum absolute atomic E-state index is 0.0715. The van der Waals surface area contributed by atoms with Crippen molar-refractivity contribution in [2.24, 2.45) is 5.92 Å². The molecule has 0 saturated heterocycles. The van der Waals surface area contributed by atoms with Crippen molar-refractivity contribution in [2.75, 3.05) is 6.61 Å². The first-order chi connectivity index (χ1) is 8.77. The molecule has 1 rings (SSSR count). The van der Waals surface area contributed by atoms with Crippen molar-refractivity contribution in [2.45, 2.75) is 24.8 Å². The second-order valence-corrected chi connectivity index (χ2v) is 6.12. The first-order valence-electron chi connectivity index (χ1n) is 5.65. The van der Waals surface area contributed by atoms with Gasteiger partial charge in [-0.2, -0.15) is 0 Å². The Balaban J connectivity index is 2.97. The highest BCUT2D eigenvalue weighted by Gasteiger charge is 2.22. The van der Waals surface area contributed by atoms with Gasteiger partial charge >= 0.3 is 0 Å². The Kier molecular flexibility index (Phi) is 4.98. The topological polar surface area (TPSA) is 110 Å². The summed E-state index contributed by atoms with van der Waals surface area (Å²) in [5.74, 6) is -0.0715. The summed E-state index contributed by atoms with van der Waals surface area (Å²) in [5.41, 5.74) is -0.179. The molecule has 0 spiro atoms. The lowest BCUT2D eigenvalue weighted by molar-refractivity contribution is -0.384. The SMILES string of the molecule is CC(C)C(CO)NS(=O)(=O)c1ccc([N+](=O)[O-])cc1. The summed E-state index contributed by atoms with van der Waals surface area (Å²) in [6.45, 7) is 3.24. The standard InChI is InChI=1S/C11H16N2O5S/c1-8(2)11(7-14)12-19(17,18)10-5-3-9(4-6-10)13(15)16/h3-6,8,11-12,14H,7H2,1-2H3. The minimum atomic E-state index is -3.79. The number of sulfonamides is 1. The minimum Gasteiger partial charge on any atom is -0.395 e.